The van der Waals surface area contributed by atoms with Gasteiger partial charge in [-0.1, -0.05) is 50.1 Å². The number of methoxy groups -OCH3 is 1. The molecule has 1 unspecified atom stereocenters. The van der Waals surface area contributed by atoms with Crippen molar-refractivity contribution in [3.05, 3.63) is 88.3 Å². The zero-order chi connectivity index (χ0) is 28.6. The van der Waals surface area contributed by atoms with E-state index in [1.165, 1.54) is 0 Å². The fraction of sp³-hybridized carbons (Fsp3) is 0.312. The Labute approximate surface area is 234 Å². The van der Waals surface area contributed by atoms with Crippen LogP contribution in [0.5, 0.6) is 28.7 Å². The number of nitriles is 1. The molecule has 2 N–H and O–H groups in total. The summed E-state index contributed by atoms with van der Waals surface area (Å²) in [4.78, 5) is 12.5. The number of esters is 1. The van der Waals surface area contributed by atoms with Gasteiger partial charge in [-0.15, -0.1) is 0 Å². The Balaban J connectivity index is 1.55. The van der Waals surface area contributed by atoms with Gasteiger partial charge in [0.05, 0.1) is 19.6 Å². The number of hydrogen-bond donors (Lipinski definition) is 1. The van der Waals surface area contributed by atoms with Crippen molar-refractivity contribution in [3.63, 3.8) is 0 Å². The van der Waals surface area contributed by atoms with E-state index >= 15 is 0 Å². The molecule has 0 saturated heterocycles. The summed E-state index contributed by atoms with van der Waals surface area (Å²) in [6.45, 7) is 6.32. The first kappa shape index (κ1) is 28.4. The minimum Gasteiger partial charge on any atom is -0.493 e. The fourth-order valence-corrected chi connectivity index (χ4v) is 4.68. The van der Waals surface area contributed by atoms with E-state index in [1.807, 2.05) is 50.2 Å². The number of carbonyl (C=O) groups excluding carboxylic acids is 1. The standard InChI is InChI=1S/C32H34N2O6/c1-5-6-7-15-37-26-14-11-22(16-28(26)36-4)30-24-13-12-23(17-27(24)40-32(34)25(30)18-33)39-29(35)19-38-31-20(2)9-8-10-21(31)3/h8-14,16-17,30H,5-7,15,19,34H2,1-4H3. The van der Waals surface area contributed by atoms with Gasteiger partial charge in [-0.2, -0.15) is 5.26 Å². The van der Waals surface area contributed by atoms with Crippen molar-refractivity contribution in [3.8, 4) is 34.8 Å². The largest absolute Gasteiger partial charge is 0.493 e. The predicted octanol–water partition coefficient (Wildman–Crippen LogP) is 6.08. The first-order valence-electron chi connectivity index (χ1n) is 13.3. The van der Waals surface area contributed by atoms with Crippen LogP contribution in [0.15, 0.2) is 66.1 Å². The second kappa shape index (κ2) is 12.9. The Bertz CT molecular complexity index is 1440. The van der Waals surface area contributed by atoms with E-state index in [2.05, 4.69) is 13.0 Å². The molecule has 1 heterocycles. The van der Waals surface area contributed by atoms with Gasteiger partial charge in [-0.25, -0.2) is 4.79 Å². The molecule has 1 atom stereocenters. The summed E-state index contributed by atoms with van der Waals surface area (Å²) in [5.74, 6) is 1.44. The van der Waals surface area contributed by atoms with Crippen LogP contribution in [0, 0.1) is 25.2 Å². The Morgan fingerprint density at radius 2 is 1.80 bits per heavy atom. The maximum Gasteiger partial charge on any atom is 0.349 e. The van der Waals surface area contributed by atoms with Crippen LogP contribution < -0.4 is 29.4 Å². The molecule has 8 nitrogen and oxygen atoms in total. The van der Waals surface area contributed by atoms with Crippen molar-refractivity contribution in [2.24, 2.45) is 5.73 Å². The number of aryl methyl sites for hydroxylation is 2. The molecule has 1 aliphatic rings. The van der Waals surface area contributed by atoms with Crippen LogP contribution >= 0.6 is 0 Å². The van der Waals surface area contributed by atoms with Gasteiger partial charge in [0, 0.05) is 11.6 Å². The van der Waals surface area contributed by atoms with Crippen molar-refractivity contribution in [2.75, 3.05) is 20.3 Å². The first-order valence-corrected chi connectivity index (χ1v) is 13.3. The highest BCUT2D eigenvalue weighted by atomic mass is 16.6. The third-order valence-corrected chi connectivity index (χ3v) is 6.69. The van der Waals surface area contributed by atoms with E-state index in [9.17, 15) is 10.1 Å². The molecule has 3 aromatic rings. The number of benzene rings is 3. The van der Waals surface area contributed by atoms with Crippen molar-refractivity contribution < 1.29 is 28.5 Å². The minimum atomic E-state index is -0.560. The summed E-state index contributed by atoms with van der Waals surface area (Å²) in [5.41, 5.74) is 9.80. The smallest absolute Gasteiger partial charge is 0.349 e. The van der Waals surface area contributed by atoms with Crippen molar-refractivity contribution in [2.45, 2.75) is 46.0 Å². The van der Waals surface area contributed by atoms with Crippen molar-refractivity contribution in [1.29, 1.82) is 5.26 Å². The molecule has 0 saturated carbocycles. The summed E-state index contributed by atoms with van der Waals surface area (Å²) in [6.07, 6.45) is 3.15. The van der Waals surface area contributed by atoms with Crippen LogP contribution in [0.25, 0.3) is 0 Å². The molecule has 0 spiro atoms. The molecule has 0 aliphatic carbocycles. The lowest BCUT2D eigenvalue weighted by Gasteiger charge is -2.27. The van der Waals surface area contributed by atoms with E-state index < -0.39 is 11.9 Å². The maximum absolute atomic E-state index is 12.5. The molecule has 4 rings (SSSR count). The lowest BCUT2D eigenvalue weighted by atomic mass is 9.83. The van der Waals surface area contributed by atoms with Crippen LogP contribution in [0.2, 0.25) is 0 Å². The van der Waals surface area contributed by atoms with E-state index in [1.54, 1.807) is 25.3 Å². The van der Waals surface area contributed by atoms with Gasteiger partial charge < -0.3 is 29.4 Å². The molecular weight excluding hydrogens is 508 g/mol. The molecule has 0 amide bonds. The number of nitrogens with zero attached hydrogens (tertiary/aromatic N) is 1. The van der Waals surface area contributed by atoms with E-state index in [0.29, 0.717) is 35.2 Å². The number of unbranched alkanes of at least 4 members (excludes halogenated alkanes) is 2. The third-order valence-electron chi connectivity index (χ3n) is 6.69. The summed E-state index contributed by atoms with van der Waals surface area (Å²) in [6, 6.07) is 18.5. The topological polar surface area (TPSA) is 113 Å². The second-order valence-corrected chi connectivity index (χ2v) is 9.57. The molecule has 208 valence electrons. The highest BCUT2D eigenvalue weighted by molar-refractivity contribution is 5.74. The number of hydrogen-bond acceptors (Lipinski definition) is 8. The minimum absolute atomic E-state index is 0.0132. The molecule has 1 aliphatic heterocycles. The maximum atomic E-state index is 12.5. The van der Waals surface area contributed by atoms with Crippen LogP contribution in [0.1, 0.15) is 54.4 Å². The molecular formula is C32H34N2O6. The summed E-state index contributed by atoms with van der Waals surface area (Å²) in [5, 5.41) is 9.92. The average Bonchev–Trinajstić information content (AvgIpc) is 2.94. The Morgan fingerprint density at radius 1 is 1.02 bits per heavy atom. The molecule has 3 aromatic carbocycles. The lowest BCUT2D eigenvalue weighted by Crippen LogP contribution is -2.22. The number of allylic oxidation sites excluding steroid dienone is 1. The van der Waals surface area contributed by atoms with Gasteiger partial charge in [0.25, 0.3) is 0 Å². The lowest BCUT2D eigenvalue weighted by molar-refractivity contribution is -0.136. The molecule has 0 radical (unpaired) electrons. The molecule has 0 bridgehead atoms. The third kappa shape index (κ3) is 6.32. The number of nitrogens with two attached hydrogens (primary N) is 1. The van der Waals surface area contributed by atoms with Crippen molar-refractivity contribution in [1.82, 2.24) is 0 Å². The van der Waals surface area contributed by atoms with Gasteiger partial charge >= 0.3 is 5.97 Å². The number of fused-ring (bicyclic) bond motifs is 1. The number of carbonyl (C=O) groups is 1. The molecule has 40 heavy (non-hydrogen) atoms. The highest BCUT2D eigenvalue weighted by Crippen LogP contribution is 2.45. The SMILES string of the molecule is CCCCCOc1ccc(C2C(C#N)=C(N)Oc3cc(OC(=O)COc4c(C)cccc4C)ccc32)cc1OC. The van der Waals surface area contributed by atoms with Gasteiger partial charge in [0.15, 0.2) is 18.1 Å². The van der Waals surface area contributed by atoms with Crippen LogP contribution in [0.3, 0.4) is 0 Å². The zero-order valence-electron chi connectivity index (χ0n) is 23.3. The van der Waals surface area contributed by atoms with Gasteiger partial charge in [0.1, 0.15) is 28.9 Å². The van der Waals surface area contributed by atoms with Gasteiger partial charge in [-0.3, -0.25) is 0 Å². The normalized spacial score (nSPS) is 14.0. The van der Waals surface area contributed by atoms with E-state index in [-0.39, 0.29) is 23.8 Å². The Kier molecular flexibility index (Phi) is 9.18. The number of para-hydroxylation sites is 1. The first-order chi connectivity index (χ1) is 19.4. The molecule has 0 fully saturated rings. The Hall–Kier alpha value is -4.64. The predicted molar refractivity (Wildman–Crippen MR) is 151 cm³/mol. The van der Waals surface area contributed by atoms with Gasteiger partial charge in [-0.05, 0) is 55.2 Å². The summed E-state index contributed by atoms with van der Waals surface area (Å²) >= 11 is 0. The summed E-state index contributed by atoms with van der Waals surface area (Å²) in [7, 11) is 1.58. The second-order valence-electron chi connectivity index (χ2n) is 9.57. The van der Waals surface area contributed by atoms with Crippen molar-refractivity contribution >= 4 is 5.97 Å². The van der Waals surface area contributed by atoms with E-state index in [0.717, 1.165) is 36.0 Å². The van der Waals surface area contributed by atoms with Crippen LogP contribution in [-0.2, 0) is 4.79 Å². The number of ether oxygens (including phenoxy) is 5. The zero-order valence-corrected chi connectivity index (χ0v) is 23.3. The molecule has 8 heteroatoms. The van der Waals surface area contributed by atoms with Crippen LogP contribution in [0.4, 0.5) is 0 Å². The molecule has 0 aromatic heterocycles. The van der Waals surface area contributed by atoms with E-state index in [4.69, 9.17) is 29.4 Å². The monoisotopic (exact) mass is 542 g/mol. The Morgan fingerprint density at radius 3 is 2.50 bits per heavy atom. The number of rotatable bonds is 11. The quantitative estimate of drug-likeness (QED) is 0.176. The highest BCUT2D eigenvalue weighted by Gasteiger charge is 2.32. The van der Waals surface area contributed by atoms with Gasteiger partial charge in [0.2, 0.25) is 5.88 Å². The average molecular weight is 543 g/mol. The van der Waals surface area contributed by atoms with Crippen LogP contribution in [-0.4, -0.2) is 26.3 Å². The summed E-state index contributed by atoms with van der Waals surface area (Å²) < 4.78 is 28.5. The fourth-order valence-electron chi connectivity index (χ4n) is 4.68.